The minimum atomic E-state index is -0.802. The van der Waals surface area contributed by atoms with Crippen molar-refractivity contribution in [3.05, 3.63) is 23.8 Å². The van der Waals surface area contributed by atoms with Gasteiger partial charge in [0.15, 0.2) is 11.5 Å². The van der Waals surface area contributed by atoms with Crippen molar-refractivity contribution in [2.75, 3.05) is 0 Å². The van der Waals surface area contributed by atoms with E-state index in [9.17, 15) is 19.8 Å². The van der Waals surface area contributed by atoms with Crippen molar-refractivity contribution in [2.45, 2.75) is 37.6 Å². The molecule has 3 N–H and O–H groups in total. The Labute approximate surface area is 127 Å². The molecule has 1 aromatic carbocycles. The highest BCUT2D eigenvalue weighted by Gasteiger charge is 2.51. The number of hydrogen-bond donors (Lipinski definition) is 3. The summed E-state index contributed by atoms with van der Waals surface area (Å²) >= 11 is 0. The summed E-state index contributed by atoms with van der Waals surface area (Å²) in [6.45, 7) is 0. The molecule has 116 valence electrons. The first-order valence-electron chi connectivity index (χ1n) is 7.24. The largest absolute Gasteiger partial charge is 0.504 e. The number of nitrogens with zero attached hydrogens (tertiary/aromatic N) is 2. The Morgan fingerprint density at radius 1 is 1.14 bits per heavy atom. The number of phenols is 2. The van der Waals surface area contributed by atoms with Gasteiger partial charge >= 0.3 is 6.03 Å². The van der Waals surface area contributed by atoms with E-state index in [2.05, 4.69) is 10.4 Å². The molecule has 1 aliphatic carbocycles. The van der Waals surface area contributed by atoms with Crippen molar-refractivity contribution in [3.63, 3.8) is 0 Å². The second-order valence-corrected chi connectivity index (χ2v) is 5.68. The van der Waals surface area contributed by atoms with Crippen LogP contribution in [-0.4, -0.2) is 38.9 Å². The summed E-state index contributed by atoms with van der Waals surface area (Å²) in [5, 5.41) is 26.2. The van der Waals surface area contributed by atoms with Gasteiger partial charge in [0.05, 0.1) is 6.21 Å². The lowest BCUT2D eigenvalue weighted by molar-refractivity contribution is -0.132. The third kappa shape index (κ3) is 2.38. The summed E-state index contributed by atoms with van der Waals surface area (Å²) in [7, 11) is 0. The molecule has 1 aliphatic heterocycles. The molecule has 0 atom stereocenters. The minimum absolute atomic E-state index is 0.242. The van der Waals surface area contributed by atoms with E-state index >= 15 is 0 Å². The first kappa shape index (κ1) is 14.4. The van der Waals surface area contributed by atoms with Crippen molar-refractivity contribution < 1.29 is 19.8 Å². The van der Waals surface area contributed by atoms with Gasteiger partial charge in [0.25, 0.3) is 5.91 Å². The SMILES string of the molecule is O=C1NC2(CCCCC2)C(=O)N1N=Cc1ccc(O)c(O)c1. The van der Waals surface area contributed by atoms with Crippen LogP contribution < -0.4 is 5.32 Å². The topological polar surface area (TPSA) is 102 Å². The summed E-state index contributed by atoms with van der Waals surface area (Å²) in [4.78, 5) is 24.5. The van der Waals surface area contributed by atoms with E-state index in [1.54, 1.807) is 0 Å². The van der Waals surface area contributed by atoms with Crippen LogP contribution in [0.5, 0.6) is 11.5 Å². The standard InChI is InChI=1S/C15H17N3O4/c19-11-5-4-10(8-12(11)20)9-16-18-13(21)15(17-14(18)22)6-2-1-3-7-15/h4-5,8-9,19-20H,1-3,6-7H2,(H,17,22). The van der Waals surface area contributed by atoms with Gasteiger partial charge in [0.2, 0.25) is 0 Å². The number of aromatic hydroxyl groups is 2. The monoisotopic (exact) mass is 303 g/mol. The maximum Gasteiger partial charge on any atom is 0.346 e. The molecule has 1 spiro atoms. The molecule has 2 aliphatic rings. The lowest BCUT2D eigenvalue weighted by Gasteiger charge is -2.29. The fourth-order valence-corrected chi connectivity index (χ4v) is 2.95. The number of amides is 3. The molecule has 7 heteroatoms. The molecule has 7 nitrogen and oxygen atoms in total. The van der Waals surface area contributed by atoms with Gasteiger partial charge in [0.1, 0.15) is 5.54 Å². The zero-order valence-electron chi connectivity index (χ0n) is 12.0. The van der Waals surface area contributed by atoms with E-state index in [0.29, 0.717) is 18.4 Å². The molecule has 22 heavy (non-hydrogen) atoms. The van der Waals surface area contributed by atoms with Crippen LogP contribution in [0, 0.1) is 0 Å². The third-order valence-corrected chi connectivity index (χ3v) is 4.17. The smallest absolute Gasteiger partial charge is 0.346 e. The second kappa shape index (κ2) is 5.32. The van der Waals surface area contributed by atoms with E-state index in [1.165, 1.54) is 24.4 Å². The Hall–Kier alpha value is -2.57. The number of nitrogens with one attached hydrogen (secondary N) is 1. The Balaban J connectivity index is 1.79. The molecule has 3 amide bonds. The molecule has 0 radical (unpaired) electrons. The lowest BCUT2D eigenvalue weighted by Crippen LogP contribution is -2.48. The molecule has 1 aromatic rings. The van der Waals surface area contributed by atoms with Crippen LogP contribution in [0.25, 0.3) is 0 Å². The van der Waals surface area contributed by atoms with Crippen LogP contribution in [0.3, 0.4) is 0 Å². The van der Waals surface area contributed by atoms with Crippen LogP contribution >= 0.6 is 0 Å². The highest BCUT2D eigenvalue weighted by molar-refractivity contribution is 6.07. The van der Waals surface area contributed by atoms with Crippen LogP contribution in [0.1, 0.15) is 37.7 Å². The van der Waals surface area contributed by atoms with E-state index in [-0.39, 0.29) is 17.4 Å². The predicted octanol–water partition coefficient (Wildman–Crippen LogP) is 1.69. The number of phenolic OH excluding ortho intramolecular Hbond substituents is 2. The summed E-state index contributed by atoms with van der Waals surface area (Å²) in [6.07, 6.45) is 5.48. The second-order valence-electron chi connectivity index (χ2n) is 5.68. The number of imide groups is 1. The van der Waals surface area contributed by atoms with Crippen LogP contribution in [0.4, 0.5) is 4.79 Å². The lowest BCUT2D eigenvalue weighted by atomic mass is 9.82. The number of carbonyl (C=O) groups is 2. The number of benzene rings is 1. The molecular formula is C15H17N3O4. The number of hydrazone groups is 1. The highest BCUT2D eigenvalue weighted by Crippen LogP contribution is 2.33. The van der Waals surface area contributed by atoms with Crippen LogP contribution in [0.15, 0.2) is 23.3 Å². The normalized spacial score (nSPS) is 20.8. The molecule has 0 aromatic heterocycles. The molecule has 0 bridgehead atoms. The Bertz CT molecular complexity index is 650. The van der Waals surface area contributed by atoms with Crippen LogP contribution in [0.2, 0.25) is 0 Å². The van der Waals surface area contributed by atoms with Gasteiger partial charge in [0, 0.05) is 0 Å². The number of hydrogen-bond acceptors (Lipinski definition) is 5. The number of urea groups is 1. The van der Waals surface area contributed by atoms with Gasteiger partial charge < -0.3 is 15.5 Å². The zero-order valence-corrected chi connectivity index (χ0v) is 12.0. The van der Waals surface area contributed by atoms with E-state index in [1.807, 2.05) is 0 Å². The molecule has 0 unspecified atom stereocenters. The van der Waals surface area contributed by atoms with Gasteiger partial charge in [-0.05, 0) is 36.6 Å². The molecule has 1 saturated carbocycles. The molecule has 3 rings (SSSR count). The average Bonchev–Trinajstić information content (AvgIpc) is 2.72. The molecule has 1 heterocycles. The summed E-state index contributed by atoms with van der Waals surface area (Å²) in [6, 6.07) is 3.61. The molecule has 1 saturated heterocycles. The van der Waals surface area contributed by atoms with Gasteiger partial charge in [-0.25, -0.2) is 4.79 Å². The predicted molar refractivity (Wildman–Crippen MR) is 78.6 cm³/mol. The molecular weight excluding hydrogens is 286 g/mol. The first-order chi connectivity index (χ1) is 10.5. The Morgan fingerprint density at radius 2 is 1.86 bits per heavy atom. The summed E-state index contributed by atoms with van der Waals surface area (Å²) in [5.74, 6) is -0.852. The Morgan fingerprint density at radius 3 is 2.55 bits per heavy atom. The zero-order chi connectivity index (χ0) is 15.7. The van der Waals surface area contributed by atoms with Gasteiger partial charge in [-0.3, -0.25) is 4.79 Å². The first-order valence-corrected chi connectivity index (χ1v) is 7.24. The highest BCUT2D eigenvalue weighted by atomic mass is 16.3. The number of rotatable bonds is 2. The Kier molecular flexibility index (Phi) is 3.48. The maximum atomic E-state index is 12.5. The van der Waals surface area contributed by atoms with Crippen molar-refractivity contribution >= 4 is 18.2 Å². The summed E-state index contributed by atoms with van der Waals surface area (Å²) < 4.78 is 0. The summed E-state index contributed by atoms with van der Waals surface area (Å²) in [5.41, 5.74) is -0.329. The fraction of sp³-hybridized carbons (Fsp3) is 0.400. The van der Waals surface area contributed by atoms with E-state index in [4.69, 9.17) is 0 Å². The van der Waals surface area contributed by atoms with Crippen molar-refractivity contribution in [1.82, 2.24) is 10.3 Å². The van der Waals surface area contributed by atoms with E-state index < -0.39 is 11.6 Å². The maximum absolute atomic E-state index is 12.5. The molecule has 2 fully saturated rings. The van der Waals surface area contributed by atoms with Crippen LogP contribution in [-0.2, 0) is 4.79 Å². The minimum Gasteiger partial charge on any atom is -0.504 e. The third-order valence-electron chi connectivity index (χ3n) is 4.17. The average molecular weight is 303 g/mol. The fourth-order valence-electron chi connectivity index (χ4n) is 2.95. The van der Waals surface area contributed by atoms with Gasteiger partial charge in [-0.2, -0.15) is 5.10 Å². The van der Waals surface area contributed by atoms with Crippen molar-refractivity contribution in [1.29, 1.82) is 0 Å². The number of carbonyl (C=O) groups excluding carboxylic acids is 2. The van der Waals surface area contributed by atoms with Gasteiger partial charge in [-0.15, -0.1) is 5.01 Å². The van der Waals surface area contributed by atoms with E-state index in [0.717, 1.165) is 24.3 Å². The van der Waals surface area contributed by atoms with Crippen molar-refractivity contribution in [3.8, 4) is 11.5 Å². The quantitative estimate of drug-likeness (QED) is 0.439. The van der Waals surface area contributed by atoms with Crippen molar-refractivity contribution in [2.24, 2.45) is 5.10 Å². The van der Waals surface area contributed by atoms with Gasteiger partial charge in [-0.1, -0.05) is 19.3 Å².